The van der Waals surface area contributed by atoms with Gasteiger partial charge in [-0.05, 0) is 36.8 Å². The minimum Gasteiger partial charge on any atom is -0.479 e. The van der Waals surface area contributed by atoms with E-state index in [-0.39, 0.29) is 12.5 Å². The van der Waals surface area contributed by atoms with Crippen LogP contribution < -0.4 is 4.74 Å². The number of imidazole rings is 1. The van der Waals surface area contributed by atoms with Gasteiger partial charge >= 0.3 is 0 Å². The summed E-state index contributed by atoms with van der Waals surface area (Å²) in [5.74, 6) is -1.92. The number of benzene rings is 1. The predicted octanol–water partition coefficient (Wildman–Crippen LogP) is 3.01. The summed E-state index contributed by atoms with van der Waals surface area (Å²) in [6.45, 7) is 3.35. The molecule has 0 spiro atoms. The van der Waals surface area contributed by atoms with E-state index >= 15 is 0 Å². The third-order valence-electron chi connectivity index (χ3n) is 5.06. The van der Waals surface area contributed by atoms with E-state index in [0.717, 1.165) is 12.1 Å². The minimum absolute atomic E-state index is 0.174. The van der Waals surface area contributed by atoms with E-state index in [4.69, 9.17) is 4.74 Å². The molecule has 1 aliphatic rings. The SMILES string of the molecule is Cc1nc2c(OC3c4cc(F)c(F)cc4C(C)C3O)cccn2c1CO. The standard InChI is InChI=1S/C19H18F2N2O3/c1-9-11-6-13(20)14(21)7-12(11)18(17(9)25)26-16-4-3-5-23-15(8-24)10(2)22-19(16)23/h3-7,9,17-18,24-25H,8H2,1-2H3. The molecule has 0 saturated heterocycles. The lowest BCUT2D eigenvalue weighted by Gasteiger charge is -2.20. The summed E-state index contributed by atoms with van der Waals surface area (Å²) in [6.07, 6.45) is -0.0273. The van der Waals surface area contributed by atoms with Crippen LogP contribution in [0.4, 0.5) is 8.78 Å². The predicted molar refractivity (Wildman–Crippen MR) is 90.0 cm³/mol. The number of nitrogens with zero attached hydrogens (tertiary/aromatic N) is 2. The molecule has 1 aromatic carbocycles. The van der Waals surface area contributed by atoms with Crippen molar-refractivity contribution in [2.45, 2.75) is 38.6 Å². The van der Waals surface area contributed by atoms with Gasteiger partial charge in [0.1, 0.15) is 6.10 Å². The van der Waals surface area contributed by atoms with Crippen molar-refractivity contribution in [2.24, 2.45) is 0 Å². The van der Waals surface area contributed by atoms with Crippen molar-refractivity contribution in [1.82, 2.24) is 9.38 Å². The van der Waals surface area contributed by atoms with Gasteiger partial charge in [0, 0.05) is 17.7 Å². The van der Waals surface area contributed by atoms with Crippen LogP contribution in [-0.4, -0.2) is 25.7 Å². The average molecular weight is 360 g/mol. The van der Waals surface area contributed by atoms with Gasteiger partial charge in [0.25, 0.3) is 0 Å². The van der Waals surface area contributed by atoms with Gasteiger partial charge in [0.2, 0.25) is 0 Å². The highest BCUT2D eigenvalue weighted by Crippen LogP contribution is 2.44. The van der Waals surface area contributed by atoms with Crippen molar-refractivity contribution in [3.05, 3.63) is 64.6 Å². The van der Waals surface area contributed by atoms with Gasteiger partial charge in [-0.1, -0.05) is 6.92 Å². The van der Waals surface area contributed by atoms with Gasteiger partial charge < -0.3 is 14.9 Å². The largest absolute Gasteiger partial charge is 0.479 e. The second-order valence-corrected chi connectivity index (χ2v) is 6.58. The van der Waals surface area contributed by atoms with E-state index in [0.29, 0.717) is 33.9 Å². The summed E-state index contributed by atoms with van der Waals surface area (Å²) >= 11 is 0. The maximum absolute atomic E-state index is 13.7. The third-order valence-corrected chi connectivity index (χ3v) is 5.06. The Hall–Kier alpha value is -2.51. The van der Waals surface area contributed by atoms with Crippen molar-refractivity contribution in [2.75, 3.05) is 0 Å². The fourth-order valence-electron chi connectivity index (χ4n) is 3.61. The number of fused-ring (bicyclic) bond motifs is 2. The second-order valence-electron chi connectivity index (χ2n) is 6.58. The molecule has 5 nitrogen and oxygen atoms in total. The van der Waals surface area contributed by atoms with Gasteiger partial charge in [-0.2, -0.15) is 0 Å². The van der Waals surface area contributed by atoms with E-state index in [1.807, 2.05) is 0 Å². The zero-order valence-electron chi connectivity index (χ0n) is 14.3. The first kappa shape index (κ1) is 16.9. The van der Waals surface area contributed by atoms with E-state index < -0.39 is 23.8 Å². The number of pyridine rings is 1. The number of rotatable bonds is 3. The first-order valence-electron chi connectivity index (χ1n) is 8.33. The van der Waals surface area contributed by atoms with Crippen LogP contribution >= 0.6 is 0 Å². The molecule has 2 aromatic heterocycles. The average Bonchev–Trinajstić information content (AvgIpc) is 3.06. The Balaban J connectivity index is 1.79. The lowest BCUT2D eigenvalue weighted by atomic mass is 10.0. The van der Waals surface area contributed by atoms with E-state index in [1.54, 1.807) is 36.6 Å². The Morgan fingerprint density at radius 2 is 1.92 bits per heavy atom. The van der Waals surface area contributed by atoms with Crippen molar-refractivity contribution in [3.63, 3.8) is 0 Å². The van der Waals surface area contributed by atoms with Gasteiger partial charge in [-0.15, -0.1) is 0 Å². The fourth-order valence-corrected chi connectivity index (χ4v) is 3.61. The van der Waals surface area contributed by atoms with Crippen LogP contribution in [-0.2, 0) is 6.61 Å². The van der Waals surface area contributed by atoms with Crippen molar-refractivity contribution in [1.29, 1.82) is 0 Å². The number of aryl methyl sites for hydroxylation is 1. The molecule has 2 N–H and O–H groups in total. The molecule has 0 bridgehead atoms. The molecule has 0 radical (unpaired) electrons. The van der Waals surface area contributed by atoms with Gasteiger partial charge in [0.15, 0.2) is 29.1 Å². The smallest absolute Gasteiger partial charge is 0.180 e. The lowest BCUT2D eigenvalue weighted by molar-refractivity contribution is 0.0367. The Morgan fingerprint density at radius 3 is 2.62 bits per heavy atom. The highest BCUT2D eigenvalue weighted by molar-refractivity contribution is 5.56. The molecule has 3 atom stereocenters. The molecule has 7 heteroatoms. The van der Waals surface area contributed by atoms with Crippen LogP contribution in [0, 0.1) is 18.6 Å². The molecule has 0 amide bonds. The summed E-state index contributed by atoms with van der Waals surface area (Å²) in [6, 6.07) is 5.63. The fraction of sp³-hybridized carbons (Fsp3) is 0.316. The molecular weight excluding hydrogens is 342 g/mol. The van der Waals surface area contributed by atoms with Crippen LogP contribution in [0.3, 0.4) is 0 Å². The van der Waals surface area contributed by atoms with Crippen LogP contribution in [0.2, 0.25) is 0 Å². The highest BCUT2D eigenvalue weighted by Gasteiger charge is 2.40. The second kappa shape index (κ2) is 6.03. The number of aliphatic hydroxyl groups is 2. The molecule has 0 aliphatic heterocycles. The number of halogens is 2. The molecule has 26 heavy (non-hydrogen) atoms. The number of aliphatic hydroxyl groups excluding tert-OH is 2. The van der Waals surface area contributed by atoms with Crippen molar-refractivity contribution < 1.29 is 23.7 Å². The molecular formula is C19H18F2N2O3. The van der Waals surface area contributed by atoms with Crippen LogP contribution in [0.1, 0.15) is 41.5 Å². The summed E-state index contributed by atoms with van der Waals surface area (Å²) in [7, 11) is 0. The molecule has 4 rings (SSSR count). The van der Waals surface area contributed by atoms with Gasteiger partial charge in [0.05, 0.1) is 18.0 Å². The third kappa shape index (κ3) is 2.39. The molecule has 1 aliphatic carbocycles. The first-order valence-corrected chi connectivity index (χ1v) is 8.33. The summed E-state index contributed by atoms with van der Waals surface area (Å²) < 4.78 is 35.0. The van der Waals surface area contributed by atoms with Crippen LogP contribution in [0.25, 0.3) is 5.65 Å². The van der Waals surface area contributed by atoms with Crippen LogP contribution in [0.15, 0.2) is 30.5 Å². The molecule has 3 unspecified atom stereocenters. The van der Waals surface area contributed by atoms with E-state index in [2.05, 4.69) is 4.98 Å². The number of hydrogen-bond donors (Lipinski definition) is 2. The van der Waals surface area contributed by atoms with Crippen molar-refractivity contribution >= 4 is 5.65 Å². The van der Waals surface area contributed by atoms with Crippen LogP contribution in [0.5, 0.6) is 5.75 Å². The number of ether oxygens (including phenoxy) is 1. The Morgan fingerprint density at radius 1 is 1.23 bits per heavy atom. The Kier molecular flexibility index (Phi) is 3.93. The first-order chi connectivity index (χ1) is 12.4. The van der Waals surface area contributed by atoms with Crippen molar-refractivity contribution in [3.8, 4) is 5.75 Å². The topological polar surface area (TPSA) is 67.0 Å². The zero-order chi connectivity index (χ0) is 18.6. The molecule has 2 heterocycles. The monoisotopic (exact) mass is 360 g/mol. The summed E-state index contributed by atoms with van der Waals surface area (Å²) in [5.41, 5.74) is 2.75. The molecule has 0 saturated carbocycles. The highest BCUT2D eigenvalue weighted by atomic mass is 19.2. The van der Waals surface area contributed by atoms with Gasteiger partial charge in [-0.25, -0.2) is 13.8 Å². The van der Waals surface area contributed by atoms with E-state index in [1.165, 1.54) is 0 Å². The maximum Gasteiger partial charge on any atom is 0.180 e. The Labute approximate surface area is 148 Å². The maximum atomic E-state index is 13.7. The lowest BCUT2D eigenvalue weighted by Crippen LogP contribution is -2.21. The number of hydrogen-bond acceptors (Lipinski definition) is 4. The Bertz CT molecular complexity index is 1000. The zero-order valence-corrected chi connectivity index (χ0v) is 14.3. The van der Waals surface area contributed by atoms with Gasteiger partial charge in [-0.3, -0.25) is 4.40 Å². The summed E-state index contributed by atoms with van der Waals surface area (Å²) in [4.78, 5) is 4.42. The summed E-state index contributed by atoms with van der Waals surface area (Å²) in [5, 5.41) is 20.1. The quantitative estimate of drug-likeness (QED) is 0.754. The minimum atomic E-state index is -0.976. The van der Waals surface area contributed by atoms with E-state index in [9.17, 15) is 19.0 Å². The normalized spacial score (nSPS) is 22.0. The number of aromatic nitrogens is 2. The molecule has 136 valence electrons. The molecule has 0 fully saturated rings. The molecule has 3 aromatic rings.